The Balaban J connectivity index is 0.000000204. The van der Waals surface area contributed by atoms with E-state index in [2.05, 4.69) is 4.98 Å². The van der Waals surface area contributed by atoms with Gasteiger partial charge in [0.15, 0.2) is 0 Å². The molecule has 0 aromatic carbocycles. The van der Waals surface area contributed by atoms with Gasteiger partial charge in [0, 0.05) is 6.20 Å². The molecule has 0 amide bonds. The van der Waals surface area contributed by atoms with Gasteiger partial charge in [0.05, 0.1) is 0 Å². The minimum Gasteiger partial charge on any atom is -0.477 e. The van der Waals surface area contributed by atoms with E-state index in [-0.39, 0.29) is 5.56 Å². The fourth-order valence-electron chi connectivity index (χ4n) is 5.90. The fraction of sp³-hybridized carbons (Fsp3) is 0.750. The predicted molar refractivity (Wildman–Crippen MR) is 120 cm³/mol. The number of rotatable bonds is 4. The summed E-state index contributed by atoms with van der Waals surface area (Å²) in [5.41, 5.74) is -0.808. The van der Waals surface area contributed by atoms with Gasteiger partial charge in [-0.15, -0.1) is 0 Å². The molecule has 0 bridgehead atoms. The number of H-pyrrole nitrogens is 1. The van der Waals surface area contributed by atoms with Gasteiger partial charge in [0.25, 0.3) is 5.56 Å². The molecule has 1 aromatic heterocycles. The number of aromatic carboxylic acids is 1. The van der Waals surface area contributed by atoms with Crippen molar-refractivity contribution in [3.8, 4) is 0 Å². The van der Waals surface area contributed by atoms with Crippen molar-refractivity contribution in [2.75, 3.05) is 0 Å². The second-order valence-corrected chi connectivity index (χ2v) is 19.1. The van der Waals surface area contributed by atoms with Crippen LogP contribution < -0.4 is 5.56 Å². The number of hydrogen-bond donors (Lipinski definition) is 2. The Bertz CT molecular complexity index is 628. The first-order chi connectivity index (χ1) is 14.2. The van der Waals surface area contributed by atoms with Crippen LogP contribution in [0.3, 0.4) is 0 Å². The number of nitrogens with one attached hydrogen (secondary N) is 1. The van der Waals surface area contributed by atoms with Crippen molar-refractivity contribution in [1.29, 1.82) is 0 Å². The smallest absolute Gasteiger partial charge is 0.341 e. The molecule has 0 spiro atoms. The largest absolute Gasteiger partial charge is 0.477 e. The van der Waals surface area contributed by atoms with E-state index < -0.39 is 31.3 Å². The molecule has 161 valence electrons. The van der Waals surface area contributed by atoms with Crippen molar-refractivity contribution in [3.05, 3.63) is 34.2 Å². The summed E-state index contributed by atoms with van der Waals surface area (Å²) in [7, 11) is 0. The molecule has 0 atom stereocenters. The molecule has 4 nitrogen and oxygen atoms in total. The molecule has 3 aliphatic rings. The number of aromatic nitrogens is 1. The molecular formula is C24H38NO3Sn. The first kappa shape index (κ1) is 22.9. The zero-order valence-corrected chi connectivity index (χ0v) is 20.7. The summed E-state index contributed by atoms with van der Waals surface area (Å²) in [6.07, 6.45) is 25.6. The van der Waals surface area contributed by atoms with E-state index in [0.717, 1.165) is 0 Å². The Morgan fingerprint density at radius 2 is 1.21 bits per heavy atom. The van der Waals surface area contributed by atoms with Gasteiger partial charge in [-0.2, -0.15) is 0 Å². The third-order valence-electron chi connectivity index (χ3n) is 7.28. The molecule has 1 radical (unpaired) electrons. The van der Waals surface area contributed by atoms with Gasteiger partial charge < -0.3 is 10.1 Å². The van der Waals surface area contributed by atoms with E-state index in [1.54, 1.807) is 96.3 Å². The van der Waals surface area contributed by atoms with E-state index in [0.29, 0.717) is 0 Å². The summed E-state index contributed by atoms with van der Waals surface area (Å²) < 4.78 is 3.96. The molecule has 1 heterocycles. The van der Waals surface area contributed by atoms with Crippen LogP contribution in [0.25, 0.3) is 0 Å². The molecule has 4 rings (SSSR count). The van der Waals surface area contributed by atoms with Crippen LogP contribution in [0.2, 0.25) is 11.8 Å². The van der Waals surface area contributed by atoms with Crippen LogP contribution >= 0.6 is 0 Å². The standard InChI is InChI=1S/C6H5NO3.3C6H11.Sn/c8-5-4(6(9)10)2-1-3-7-5;3*1-2-4-6-5-3-1;/h1-3H,(H,7,8)(H,9,10);3*1H,2-6H2;. The van der Waals surface area contributed by atoms with Gasteiger partial charge in [0.2, 0.25) is 0 Å². The van der Waals surface area contributed by atoms with Crippen molar-refractivity contribution in [2.45, 2.75) is 108 Å². The summed E-state index contributed by atoms with van der Waals surface area (Å²) in [5.74, 6) is -1.21. The van der Waals surface area contributed by atoms with Gasteiger partial charge in [-0.05, 0) is 12.1 Å². The number of carbonyl (C=O) groups is 1. The fourth-order valence-corrected chi connectivity index (χ4v) is 20.8. The quantitative estimate of drug-likeness (QED) is 0.454. The molecule has 3 fully saturated rings. The average molecular weight is 507 g/mol. The van der Waals surface area contributed by atoms with E-state index in [9.17, 15) is 9.59 Å². The molecule has 5 heteroatoms. The maximum Gasteiger partial charge on any atom is 0.341 e. The van der Waals surface area contributed by atoms with E-state index in [4.69, 9.17) is 5.11 Å². The van der Waals surface area contributed by atoms with Crippen molar-refractivity contribution < 1.29 is 9.90 Å². The molecule has 29 heavy (non-hydrogen) atoms. The summed E-state index contributed by atoms with van der Waals surface area (Å²) in [4.78, 5) is 23.1. The van der Waals surface area contributed by atoms with Crippen LogP contribution in [0.4, 0.5) is 0 Å². The Kier molecular flexibility index (Phi) is 9.60. The van der Waals surface area contributed by atoms with Crippen LogP contribution in [0.5, 0.6) is 0 Å². The van der Waals surface area contributed by atoms with Crippen molar-refractivity contribution >= 4 is 25.7 Å². The van der Waals surface area contributed by atoms with E-state index in [1.807, 2.05) is 0 Å². The van der Waals surface area contributed by atoms with Crippen LogP contribution in [0.15, 0.2) is 23.1 Å². The molecule has 3 aliphatic carbocycles. The average Bonchev–Trinajstić information content (AvgIpc) is 2.77. The van der Waals surface area contributed by atoms with E-state index >= 15 is 0 Å². The van der Waals surface area contributed by atoms with Crippen molar-refractivity contribution in [2.24, 2.45) is 0 Å². The van der Waals surface area contributed by atoms with Crippen molar-refractivity contribution in [1.82, 2.24) is 4.98 Å². The first-order valence-electron chi connectivity index (χ1n) is 11.9. The number of hydrogen-bond acceptors (Lipinski definition) is 2. The van der Waals surface area contributed by atoms with Gasteiger partial charge in [-0.25, -0.2) is 4.79 Å². The Morgan fingerprint density at radius 1 is 0.793 bits per heavy atom. The predicted octanol–water partition coefficient (Wildman–Crippen LogP) is 6.56. The second-order valence-electron chi connectivity index (χ2n) is 9.22. The monoisotopic (exact) mass is 508 g/mol. The Morgan fingerprint density at radius 3 is 1.52 bits per heavy atom. The van der Waals surface area contributed by atoms with Crippen LogP contribution in [-0.2, 0) is 0 Å². The molecule has 0 unspecified atom stereocenters. The van der Waals surface area contributed by atoms with Gasteiger partial charge >= 0.3 is 134 Å². The summed E-state index contributed by atoms with van der Waals surface area (Å²) in [6, 6.07) is 2.71. The van der Waals surface area contributed by atoms with Gasteiger partial charge in [-0.1, -0.05) is 0 Å². The third-order valence-corrected chi connectivity index (χ3v) is 20.3. The first-order valence-corrected chi connectivity index (χ1v) is 16.9. The van der Waals surface area contributed by atoms with Crippen molar-refractivity contribution in [3.63, 3.8) is 0 Å². The topological polar surface area (TPSA) is 70.2 Å². The maximum absolute atomic E-state index is 10.6. The number of carboxylic acid groups (broad SMARTS) is 1. The zero-order valence-electron chi connectivity index (χ0n) is 17.8. The normalized spacial score (nSPS) is 22.1. The SMILES string of the molecule is C1CC[CH]([Sn]([CH]2CCCCC2)[CH]2CCCCC2)CC1.O=C(O)c1ccc[nH]c1=O. The Labute approximate surface area is 182 Å². The molecule has 0 aliphatic heterocycles. The van der Waals surface area contributed by atoms with Gasteiger partial charge in [-0.3, -0.25) is 4.79 Å². The number of pyridine rings is 1. The minimum atomic E-state index is -1.21. The molecule has 0 saturated heterocycles. The second kappa shape index (κ2) is 12.2. The zero-order chi connectivity index (χ0) is 20.5. The number of carboxylic acids is 1. The maximum atomic E-state index is 10.6. The van der Waals surface area contributed by atoms with Gasteiger partial charge in [0.1, 0.15) is 5.56 Å². The summed E-state index contributed by atoms with van der Waals surface area (Å²) >= 11 is -1.15. The Hall–Kier alpha value is -0.781. The third kappa shape index (κ3) is 6.86. The summed E-state index contributed by atoms with van der Waals surface area (Å²) in [5, 5.41) is 8.35. The van der Waals surface area contributed by atoms with Crippen LogP contribution in [0, 0.1) is 0 Å². The molecule has 3 saturated carbocycles. The summed E-state index contributed by atoms with van der Waals surface area (Å²) in [6.45, 7) is 0. The van der Waals surface area contributed by atoms with Crippen LogP contribution in [0.1, 0.15) is 107 Å². The van der Waals surface area contributed by atoms with Crippen LogP contribution in [-0.4, -0.2) is 35.8 Å². The molecule has 2 N–H and O–H groups in total. The minimum absolute atomic E-state index is 0.234. The molecule has 1 aromatic rings. The number of aromatic amines is 1. The van der Waals surface area contributed by atoms with E-state index in [1.165, 1.54) is 30.1 Å². The molecular weight excluding hydrogens is 469 g/mol.